The van der Waals surface area contributed by atoms with E-state index in [1.54, 1.807) is 11.5 Å². The summed E-state index contributed by atoms with van der Waals surface area (Å²) in [4.78, 5) is 11.9. The molecule has 1 aromatic heterocycles. The first-order valence-corrected chi connectivity index (χ1v) is 12.5. The molecule has 0 unspecified atom stereocenters. The molecule has 2 N–H and O–H groups in total. The molecular formula is C27H34ClN3O3. The number of aryl methyl sites for hydroxylation is 1. The van der Waals surface area contributed by atoms with Crippen molar-refractivity contribution in [1.29, 1.82) is 0 Å². The smallest absolute Gasteiger partial charge is 0.295 e. The second-order valence-electron chi connectivity index (χ2n) is 8.49. The summed E-state index contributed by atoms with van der Waals surface area (Å²) in [6.07, 6.45) is 9.80. The van der Waals surface area contributed by atoms with Crippen molar-refractivity contribution in [2.45, 2.75) is 71.4 Å². The monoisotopic (exact) mass is 483 g/mol. The maximum absolute atomic E-state index is 11.9. The highest BCUT2D eigenvalue weighted by atomic mass is 35.5. The number of hydroxylamine groups is 1. The molecule has 1 amide bonds. The summed E-state index contributed by atoms with van der Waals surface area (Å²) < 4.78 is 7.73. The third-order valence-corrected chi connectivity index (χ3v) is 6.06. The van der Waals surface area contributed by atoms with Gasteiger partial charge in [-0.15, -0.1) is 0 Å². The number of carbonyl (C=O) groups is 1. The van der Waals surface area contributed by atoms with E-state index >= 15 is 0 Å². The number of unbranched alkanes of at least 4 members (excludes halogenated alkanes) is 7. The van der Waals surface area contributed by atoms with E-state index in [2.05, 4.69) is 12.0 Å². The van der Waals surface area contributed by atoms with Crippen LogP contribution in [0, 0.1) is 0 Å². The van der Waals surface area contributed by atoms with Crippen molar-refractivity contribution < 1.29 is 14.7 Å². The van der Waals surface area contributed by atoms with Gasteiger partial charge in [0, 0.05) is 17.1 Å². The SMILES string of the molecule is CCCCCCCCCCn1nc(C(=O)NO)cc1-c1ccc(OCc2ccc(Cl)cc2)cc1. The number of aromatic nitrogens is 2. The van der Waals surface area contributed by atoms with Gasteiger partial charge in [-0.1, -0.05) is 75.6 Å². The number of nitrogens with one attached hydrogen (secondary N) is 1. The molecule has 0 atom stereocenters. The molecule has 0 spiro atoms. The number of hydrogen-bond acceptors (Lipinski definition) is 4. The summed E-state index contributed by atoms with van der Waals surface area (Å²) in [7, 11) is 0. The van der Waals surface area contributed by atoms with Crippen LogP contribution in [0.1, 0.15) is 74.3 Å². The molecule has 3 aromatic rings. The van der Waals surface area contributed by atoms with Crippen molar-refractivity contribution in [3.8, 4) is 17.0 Å². The highest BCUT2D eigenvalue weighted by Crippen LogP contribution is 2.25. The van der Waals surface area contributed by atoms with Gasteiger partial charge in [0.05, 0.1) is 5.69 Å². The van der Waals surface area contributed by atoms with E-state index in [1.165, 1.54) is 38.5 Å². The van der Waals surface area contributed by atoms with Crippen molar-refractivity contribution >= 4 is 17.5 Å². The van der Waals surface area contributed by atoms with Gasteiger partial charge in [0.15, 0.2) is 5.69 Å². The Kier molecular flexibility index (Phi) is 10.4. The molecule has 0 aliphatic rings. The molecular weight excluding hydrogens is 450 g/mol. The molecule has 0 saturated heterocycles. The minimum atomic E-state index is -0.612. The zero-order chi connectivity index (χ0) is 24.2. The minimum absolute atomic E-state index is 0.195. The van der Waals surface area contributed by atoms with Crippen LogP contribution < -0.4 is 10.2 Å². The normalized spacial score (nSPS) is 10.9. The quantitative estimate of drug-likeness (QED) is 0.146. The number of hydrogen-bond donors (Lipinski definition) is 2. The molecule has 6 nitrogen and oxygen atoms in total. The van der Waals surface area contributed by atoms with Gasteiger partial charge in [-0.2, -0.15) is 5.10 Å². The van der Waals surface area contributed by atoms with Gasteiger partial charge in [-0.25, -0.2) is 5.48 Å². The molecule has 7 heteroatoms. The van der Waals surface area contributed by atoms with E-state index in [1.807, 2.05) is 53.2 Å². The summed E-state index contributed by atoms with van der Waals surface area (Å²) in [6.45, 7) is 3.40. The molecule has 0 saturated carbocycles. The first-order chi connectivity index (χ1) is 16.6. The number of amides is 1. The Bertz CT molecular complexity index is 1020. The van der Waals surface area contributed by atoms with Crippen molar-refractivity contribution in [2.24, 2.45) is 0 Å². The van der Waals surface area contributed by atoms with E-state index in [-0.39, 0.29) is 5.69 Å². The van der Waals surface area contributed by atoms with E-state index in [9.17, 15) is 4.79 Å². The molecule has 0 fully saturated rings. The topological polar surface area (TPSA) is 76.4 Å². The lowest BCUT2D eigenvalue weighted by Crippen LogP contribution is -2.19. The largest absolute Gasteiger partial charge is 0.489 e. The predicted octanol–water partition coefficient (Wildman–Crippen LogP) is 7.04. The van der Waals surface area contributed by atoms with Crippen LogP contribution in [-0.2, 0) is 13.2 Å². The van der Waals surface area contributed by atoms with Gasteiger partial charge in [0.25, 0.3) is 5.91 Å². The van der Waals surface area contributed by atoms with Crippen LogP contribution in [-0.4, -0.2) is 20.9 Å². The van der Waals surface area contributed by atoms with Crippen LogP contribution >= 0.6 is 11.6 Å². The number of rotatable bonds is 14. The highest BCUT2D eigenvalue weighted by Gasteiger charge is 2.15. The van der Waals surface area contributed by atoms with Crippen molar-refractivity contribution in [2.75, 3.05) is 0 Å². The zero-order valence-corrected chi connectivity index (χ0v) is 20.6. The van der Waals surface area contributed by atoms with Crippen LogP contribution in [0.25, 0.3) is 11.3 Å². The van der Waals surface area contributed by atoms with Gasteiger partial charge in [0.1, 0.15) is 12.4 Å². The summed E-state index contributed by atoms with van der Waals surface area (Å²) >= 11 is 5.93. The summed E-state index contributed by atoms with van der Waals surface area (Å²) in [5, 5.41) is 14.1. The second kappa shape index (κ2) is 13.8. The molecule has 3 rings (SSSR count). The van der Waals surface area contributed by atoms with Crippen LogP contribution in [0.15, 0.2) is 54.6 Å². The molecule has 34 heavy (non-hydrogen) atoms. The molecule has 0 aliphatic heterocycles. The third kappa shape index (κ3) is 7.89. The molecule has 182 valence electrons. The maximum atomic E-state index is 11.9. The van der Waals surface area contributed by atoms with E-state index in [0.717, 1.165) is 42.0 Å². The fraction of sp³-hybridized carbons (Fsp3) is 0.407. The Labute approximate surface area is 206 Å². The van der Waals surface area contributed by atoms with Gasteiger partial charge in [-0.3, -0.25) is 14.7 Å². The van der Waals surface area contributed by atoms with E-state index < -0.39 is 5.91 Å². The highest BCUT2D eigenvalue weighted by molar-refractivity contribution is 6.30. The van der Waals surface area contributed by atoms with E-state index in [4.69, 9.17) is 21.5 Å². The number of benzene rings is 2. The van der Waals surface area contributed by atoms with Crippen molar-refractivity contribution in [1.82, 2.24) is 15.3 Å². The Morgan fingerprint density at radius 1 is 0.971 bits per heavy atom. The minimum Gasteiger partial charge on any atom is -0.489 e. The average molecular weight is 484 g/mol. The van der Waals surface area contributed by atoms with Gasteiger partial charge < -0.3 is 4.74 Å². The third-order valence-electron chi connectivity index (χ3n) is 5.81. The molecule has 0 bridgehead atoms. The Morgan fingerprint density at radius 2 is 1.62 bits per heavy atom. The standard InChI is InChI=1S/C27H34ClN3O3/c1-2-3-4-5-6-7-8-9-18-31-26(19-25(29-31)27(32)30-33)22-12-16-24(17-13-22)34-20-21-10-14-23(28)15-11-21/h10-17,19,33H,2-9,18,20H2,1H3,(H,30,32). The van der Waals surface area contributed by atoms with Gasteiger partial charge in [-0.05, 0) is 54.4 Å². The number of nitrogens with zero attached hydrogens (tertiary/aromatic N) is 2. The first kappa shape index (κ1) is 25.8. The predicted molar refractivity (Wildman–Crippen MR) is 135 cm³/mol. The van der Waals surface area contributed by atoms with Crippen LogP contribution in [0.3, 0.4) is 0 Å². The number of carbonyl (C=O) groups excluding carboxylic acids is 1. The molecule has 2 aromatic carbocycles. The lowest BCUT2D eigenvalue weighted by Gasteiger charge is -2.10. The van der Waals surface area contributed by atoms with Crippen LogP contribution in [0.2, 0.25) is 5.02 Å². The summed E-state index contributed by atoms with van der Waals surface area (Å²) in [5.41, 5.74) is 4.68. The van der Waals surface area contributed by atoms with Crippen LogP contribution in [0.5, 0.6) is 5.75 Å². The van der Waals surface area contributed by atoms with E-state index in [0.29, 0.717) is 11.6 Å². The Hall–Kier alpha value is -2.83. The maximum Gasteiger partial charge on any atom is 0.295 e. The number of halogens is 1. The lowest BCUT2D eigenvalue weighted by molar-refractivity contribution is 0.0699. The summed E-state index contributed by atoms with van der Waals surface area (Å²) in [5.74, 6) is 0.139. The number of ether oxygens (including phenoxy) is 1. The van der Waals surface area contributed by atoms with Gasteiger partial charge in [0.2, 0.25) is 0 Å². The lowest BCUT2D eigenvalue weighted by atomic mass is 10.1. The molecule has 1 heterocycles. The van der Waals surface area contributed by atoms with Gasteiger partial charge >= 0.3 is 0 Å². The Morgan fingerprint density at radius 3 is 2.26 bits per heavy atom. The first-order valence-electron chi connectivity index (χ1n) is 12.1. The van der Waals surface area contributed by atoms with Crippen molar-refractivity contribution in [3.05, 3.63) is 70.9 Å². The Balaban J connectivity index is 1.60. The summed E-state index contributed by atoms with van der Waals surface area (Å²) in [6, 6.07) is 17.0. The molecule has 0 aliphatic carbocycles. The fourth-order valence-electron chi connectivity index (χ4n) is 3.85. The fourth-order valence-corrected chi connectivity index (χ4v) is 3.98. The molecule has 0 radical (unpaired) electrons. The average Bonchev–Trinajstić information content (AvgIpc) is 3.29. The van der Waals surface area contributed by atoms with Crippen LogP contribution in [0.4, 0.5) is 0 Å². The second-order valence-corrected chi connectivity index (χ2v) is 8.93. The van der Waals surface area contributed by atoms with Crippen molar-refractivity contribution in [3.63, 3.8) is 0 Å². The zero-order valence-electron chi connectivity index (χ0n) is 19.8.